The first-order valence-electron chi connectivity index (χ1n) is 15.1. The summed E-state index contributed by atoms with van der Waals surface area (Å²) >= 11 is 14.8. The SMILES string of the molecule is COc1cc(O)cc(OC)c1[C@H]1C2=CC[C@@H]3C(=O)N(c4ccc([N+](=O)[O-])cc4)C(=O)[C@@H]3[C@@H]2C[C@@]2(Cl)C(=O)N(c3ccc(F)cc3)C(=O)[C@@]12Cl. The number of phenolic OH excluding ortho intramolecular Hbond substituents is 1. The number of benzene rings is 3. The van der Waals surface area contributed by atoms with Gasteiger partial charge >= 0.3 is 0 Å². The molecular weight excluding hydrogens is 684 g/mol. The first-order valence-corrected chi connectivity index (χ1v) is 15.8. The zero-order chi connectivity index (χ0) is 35.2. The molecule has 2 aliphatic heterocycles. The van der Waals surface area contributed by atoms with E-state index < -0.39 is 67.8 Å². The van der Waals surface area contributed by atoms with Gasteiger partial charge in [0.2, 0.25) is 11.8 Å². The van der Waals surface area contributed by atoms with Gasteiger partial charge in [-0.3, -0.25) is 34.2 Å². The molecule has 0 radical (unpaired) electrons. The molecule has 4 amide bonds. The molecule has 0 unspecified atom stereocenters. The molecule has 3 aromatic rings. The number of allylic oxidation sites excluding steroid dienone is 2. The molecule has 3 aromatic carbocycles. The summed E-state index contributed by atoms with van der Waals surface area (Å²) in [5, 5.41) is 21.7. The van der Waals surface area contributed by atoms with Gasteiger partial charge in [-0.15, -0.1) is 23.2 Å². The molecule has 0 aromatic heterocycles. The standard InChI is InChI=1S/C34H26Cl2FN3O9/c1-48-24-13-20(41)14-25(49-2)27(24)28-21-11-12-22-26(30(43)38(29(22)42)17-7-9-19(10-8-17)40(46)47)23(21)15-33(35)31(44)39(32(45)34(28,33)36)18-5-3-16(37)4-6-18/h3-11,13-14,22-23,26,28,41H,12,15H2,1-2H3/t22-,23+,26-,28+,33+,34-/m0/s1. The number of fused-ring (bicyclic) bond motifs is 4. The highest BCUT2D eigenvalue weighted by Crippen LogP contribution is 2.67. The van der Waals surface area contributed by atoms with E-state index in [1.807, 2.05) is 0 Å². The fraction of sp³-hybridized carbons (Fsp3) is 0.294. The molecule has 4 aliphatic rings. The zero-order valence-corrected chi connectivity index (χ0v) is 27.3. The van der Waals surface area contributed by atoms with Crippen molar-refractivity contribution in [2.75, 3.05) is 24.0 Å². The third-order valence-electron chi connectivity index (χ3n) is 10.0. The van der Waals surface area contributed by atoms with E-state index in [4.69, 9.17) is 32.7 Å². The number of nitro groups is 1. The number of phenols is 1. The van der Waals surface area contributed by atoms with Crippen LogP contribution in [0.25, 0.3) is 0 Å². The maximum Gasteiger partial charge on any atom is 0.269 e. The fourth-order valence-corrected chi connectivity index (χ4v) is 8.82. The predicted octanol–water partition coefficient (Wildman–Crippen LogP) is 5.22. The summed E-state index contributed by atoms with van der Waals surface area (Å²) < 4.78 is 25.2. The molecule has 6 atom stereocenters. The van der Waals surface area contributed by atoms with Crippen molar-refractivity contribution in [1.82, 2.24) is 0 Å². The Morgan fingerprint density at radius 2 is 1.45 bits per heavy atom. The highest BCUT2D eigenvalue weighted by atomic mass is 35.5. The Kier molecular flexibility index (Phi) is 7.49. The fourth-order valence-electron chi connectivity index (χ4n) is 7.90. The summed E-state index contributed by atoms with van der Waals surface area (Å²) in [6.07, 6.45) is 1.43. The van der Waals surface area contributed by atoms with Gasteiger partial charge in [-0.1, -0.05) is 11.6 Å². The van der Waals surface area contributed by atoms with Crippen LogP contribution in [0.15, 0.2) is 72.3 Å². The van der Waals surface area contributed by atoms with Crippen LogP contribution in [0.5, 0.6) is 17.2 Å². The lowest BCUT2D eigenvalue weighted by Crippen LogP contribution is -2.60. The van der Waals surface area contributed by atoms with Crippen LogP contribution in [-0.4, -0.2) is 57.6 Å². The van der Waals surface area contributed by atoms with Gasteiger partial charge in [0, 0.05) is 35.7 Å². The molecule has 2 heterocycles. The van der Waals surface area contributed by atoms with Crippen LogP contribution in [0.4, 0.5) is 21.5 Å². The molecule has 0 spiro atoms. The van der Waals surface area contributed by atoms with Gasteiger partial charge in [0.1, 0.15) is 23.1 Å². The van der Waals surface area contributed by atoms with E-state index in [9.17, 15) is 38.8 Å². The van der Waals surface area contributed by atoms with E-state index in [-0.39, 0.29) is 52.7 Å². The van der Waals surface area contributed by atoms with Crippen molar-refractivity contribution in [2.24, 2.45) is 17.8 Å². The zero-order valence-electron chi connectivity index (χ0n) is 25.8. The van der Waals surface area contributed by atoms with E-state index in [0.29, 0.717) is 5.57 Å². The van der Waals surface area contributed by atoms with E-state index in [1.54, 1.807) is 6.08 Å². The van der Waals surface area contributed by atoms with Gasteiger partial charge in [-0.25, -0.2) is 9.29 Å². The monoisotopic (exact) mass is 709 g/mol. The van der Waals surface area contributed by atoms with Crippen LogP contribution in [0.1, 0.15) is 24.3 Å². The maximum atomic E-state index is 14.6. The third kappa shape index (κ3) is 4.41. The van der Waals surface area contributed by atoms with Crippen molar-refractivity contribution in [3.8, 4) is 17.2 Å². The predicted molar refractivity (Wildman–Crippen MR) is 173 cm³/mol. The number of alkyl halides is 2. The summed E-state index contributed by atoms with van der Waals surface area (Å²) in [6.45, 7) is 0. The Morgan fingerprint density at radius 1 is 0.878 bits per heavy atom. The lowest BCUT2D eigenvalue weighted by molar-refractivity contribution is -0.384. The molecule has 2 saturated heterocycles. The van der Waals surface area contributed by atoms with E-state index in [2.05, 4.69) is 0 Å². The Balaban J connectivity index is 1.42. The first kappa shape index (κ1) is 32.5. The normalized spacial score (nSPS) is 29.0. The summed E-state index contributed by atoms with van der Waals surface area (Å²) in [4.78, 5) is 65.1. The maximum absolute atomic E-state index is 14.6. The van der Waals surface area contributed by atoms with Gasteiger partial charge in [-0.2, -0.15) is 0 Å². The van der Waals surface area contributed by atoms with Crippen molar-refractivity contribution >= 4 is 63.9 Å². The first-order chi connectivity index (χ1) is 23.3. The van der Waals surface area contributed by atoms with Gasteiger partial charge in [0.15, 0.2) is 9.75 Å². The minimum Gasteiger partial charge on any atom is -0.508 e. The van der Waals surface area contributed by atoms with Crippen LogP contribution in [0.2, 0.25) is 0 Å². The largest absolute Gasteiger partial charge is 0.508 e. The number of anilines is 2. The number of aromatic hydroxyl groups is 1. The minimum absolute atomic E-state index is 0.0144. The molecule has 1 saturated carbocycles. The molecule has 3 fully saturated rings. The second kappa shape index (κ2) is 11.3. The Bertz CT molecular complexity index is 1980. The van der Waals surface area contributed by atoms with Crippen molar-refractivity contribution in [1.29, 1.82) is 0 Å². The van der Waals surface area contributed by atoms with E-state index >= 15 is 0 Å². The van der Waals surface area contributed by atoms with E-state index in [1.165, 1.54) is 62.8 Å². The smallest absolute Gasteiger partial charge is 0.269 e. The summed E-state index contributed by atoms with van der Waals surface area (Å²) in [5.41, 5.74) is 0.522. The van der Waals surface area contributed by atoms with Gasteiger partial charge < -0.3 is 14.6 Å². The quantitative estimate of drug-likeness (QED) is 0.119. The van der Waals surface area contributed by atoms with Crippen LogP contribution < -0.4 is 19.3 Å². The number of hydrogen-bond acceptors (Lipinski definition) is 9. The van der Waals surface area contributed by atoms with Crippen molar-refractivity contribution in [3.05, 3.63) is 93.8 Å². The second-order valence-electron chi connectivity index (χ2n) is 12.3. The molecule has 7 rings (SSSR count). The summed E-state index contributed by atoms with van der Waals surface area (Å²) in [7, 11) is 2.65. The molecule has 1 N–H and O–H groups in total. The molecule has 15 heteroatoms. The molecule has 252 valence electrons. The highest BCUT2D eigenvalue weighted by Gasteiger charge is 2.77. The number of halogens is 3. The number of rotatable bonds is 6. The van der Waals surface area contributed by atoms with Crippen LogP contribution >= 0.6 is 23.2 Å². The number of nitro benzene ring substituents is 1. The molecule has 0 bridgehead atoms. The average molecular weight is 710 g/mol. The number of amides is 4. The minimum atomic E-state index is -2.27. The highest BCUT2D eigenvalue weighted by molar-refractivity contribution is 6.58. The molecule has 12 nitrogen and oxygen atoms in total. The van der Waals surface area contributed by atoms with Crippen molar-refractivity contribution in [3.63, 3.8) is 0 Å². The van der Waals surface area contributed by atoms with Crippen LogP contribution in [0.3, 0.4) is 0 Å². The number of nitrogens with zero attached hydrogens (tertiary/aromatic N) is 3. The number of carbonyl (C=O) groups is 4. The van der Waals surface area contributed by atoms with Gasteiger partial charge in [-0.05, 0) is 55.2 Å². The number of non-ortho nitro benzene ring substituents is 1. The topological polar surface area (TPSA) is 157 Å². The number of imide groups is 2. The van der Waals surface area contributed by atoms with Crippen molar-refractivity contribution in [2.45, 2.75) is 28.5 Å². The van der Waals surface area contributed by atoms with Gasteiger partial charge in [0.05, 0.1) is 42.4 Å². The number of carbonyl (C=O) groups excluding carboxylic acids is 4. The number of methoxy groups -OCH3 is 2. The Hall–Kier alpha value is -5.01. The lowest BCUT2D eigenvalue weighted by Gasteiger charge is -2.51. The number of hydrogen-bond donors (Lipinski definition) is 1. The Labute approximate surface area is 287 Å². The van der Waals surface area contributed by atoms with Crippen LogP contribution in [0, 0.1) is 33.7 Å². The van der Waals surface area contributed by atoms with Gasteiger partial charge in [0.25, 0.3) is 17.5 Å². The molecular formula is C34H26Cl2FN3O9. The summed E-state index contributed by atoms with van der Waals surface area (Å²) in [6, 6.07) is 12.2. The van der Waals surface area contributed by atoms with Crippen molar-refractivity contribution < 1.29 is 43.1 Å². The second-order valence-corrected chi connectivity index (χ2v) is 13.5. The molecule has 2 aliphatic carbocycles. The number of ether oxygens (including phenoxy) is 2. The van der Waals surface area contributed by atoms with Crippen LogP contribution in [-0.2, 0) is 19.2 Å². The average Bonchev–Trinajstić information content (AvgIpc) is 3.42. The Morgan fingerprint density at radius 3 is 2.02 bits per heavy atom. The van der Waals surface area contributed by atoms with E-state index in [0.717, 1.165) is 21.9 Å². The lowest BCUT2D eigenvalue weighted by atomic mass is 9.56. The molecule has 49 heavy (non-hydrogen) atoms. The third-order valence-corrected chi connectivity index (χ3v) is 11.4. The summed E-state index contributed by atoms with van der Waals surface area (Å²) in [5.74, 6) is -7.88.